The van der Waals surface area contributed by atoms with Crippen LogP contribution < -0.4 is 5.73 Å². The minimum atomic E-state index is -0.524. The maximum absolute atomic E-state index is 10.4. The van der Waals surface area contributed by atoms with Crippen LogP contribution in [0.25, 0.3) is 0 Å². The van der Waals surface area contributed by atoms with Gasteiger partial charge >= 0.3 is 5.97 Å². The van der Waals surface area contributed by atoms with E-state index in [1.165, 1.54) is 0 Å². The summed E-state index contributed by atoms with van der Waals surface area (Å²) in [5.74, 6) is -0.524. The molecule has 0 heterocycles. The van der Waals surface area contributed by atoms with Crippen molar-refractivity contribution in [2.75, 3.05) is 13.2 Å². The number of carbonyl (C=O) groups excluding carboxylic acids is 1. The average molecular weight is 145 g/mol. The molecule has 0 radical (unpaired) electrons. The largest absolute Gasteiger partial charge is 0.461 e. The number of esters is 1. The summed E-state index contributed by atoms with van der Waals surface area (Å²) in [6.45, 7) is 3.03. The van der Waals surface area contributed by atoms with Gasteiger partial charge in [-0.2, -0.15) is 0 Å². The van der Waals surface area contributed by atoms with Crippen molar-refractivity contribution in [3.05, 3.63) is 12.7 Å². The second-order valence-corrected chi connectivity index (χ2v) is 1.78. The van der Waals surface area contributed by atoms with Crippen molar-refractivity contribution in [1.29, 1.82) is 0 Å². The van der Waals surface area contributed by atoms with Crippen LogP contribution in [-0.2, 0) is 9.53 Å². The summed E-state index contributed by atoms with van der Waals surface area (Å²) in [6.07, 6.45) is 1.05. The highest BCUT2D eigenvalue weighted by molar-refractivity contribution is 5.81. The highest BCUT2D eigenvalue weighted by atomic mass is 16.5. The van der Waals surface area contributed by atoms with Crippen LogP contribution in [0.3, 0.4) is 0 Å². The van der Waals surface area contributed by atoms with Crippen molar-refractivity contribution in [2.45, 2.75) is 6.04 Å². The summed E-state index contributed by atoms with van der Waals surface area (Å²) >= 11 is 0. The Labute approximate surface area is 59.3 Å². The van der Waals surface area contributed by atoms with E-state index in [-0.39, 0.29) is 13.2 Å². The van der Waals surface area contributed by atoms with Crippen LogP contribution in [0.5, 0.6) is 0 Å². The van der Waals surface area contributed by atoms with Gasteiger partial charge < -0.3 is 15.6 Å². The van der Waals surface area contributed by atoms with Crippen molar-refractivity contribution < 1.29 is 14.6 Å². The zero-order valence-corrected chi connectivity index (χ0v) is 5.62. The second-order valence-electron chi connectivity index (χ2n) is 1.78. The SMILES string of the molecule is C=CC(=O)OCC(N)CO. The molecular formula is C6H11NO3. The molecule has 58 valence electrons. The van der Waals surface area contributed by atoms with E-state index in [2.05, 4.69) is 11.3 Å². The fraction of sp³-hybridized carbons (Fsp3) is 0.500. The Morgan fingerprint density at radius 3 is 2.90 bits per heavy atom. The first-order valence-corrected chi connectivity index (χ1v) is 2.86. The minimum absolute atomic E-state index is 0.0291. The molecule has 0 bridgehead atoms. The summed E-state index contributed by atoms with van der Waals surface area (Å²) in [6, 6.07) is -0.496. The normalized spacial score (nSPS) is 12.2. The molecule has 0 fully saturated rings. The van der Waals surface area contributed by atoms with Crippen molar-refractivity contribution in [2.24, 2.45) is 5.73 Å². The zero-order valence-electron chi connectivity index (χ0n) is 5.62. The van der Waals surface area contributed by atoms with Crippen LogP contribution in [-0.4, -0.2) is 30.3 Å². The van der Waals surface area contributed by atoms with Gasteiger partial charge in [0.15, 0.2) is 0 Å². The van der Waals surface area contributed by atoms with Gasteiger partial charge in [0.2, 0.25) is 0 Å². The highest BCUT2D eigenvalue weighted by Crippen LogP contribution is 1.82. The van der Waals surface area contributed by atoms with Crippen molar-refractivity contribution >= 4 is 5.97 Å². The van der Waals surface area contributed by atoms with Gasteiger partial charge in [0.25, 0.3) is 0 Å². The maximum atomic E-state index is 10.4. The highest BCUT2D eigenvalue weighted by Gasteiger charge is 2.01. The Kier molecular flexibility index (Phi) is 4.53. The molecule has 0 aromatic heterocycles. The Morgan fingerprint density at radius 2 is 2.50 bits per heavy atom. The van der Waals surface area contributed by atoms with Crippen LogP contribution >= 0.6 is 0 Å². The maximum Gasteiger partial charge on any atom is 0.330 e. The number of aliphatic hydroxyl groups is 1. The van der Waals surface area contributed by atoms with Crippen LogP contribution in [0.1, 0.15) is 0 Å². The third kappa shape index (κ3) is 4.05. The van der Waals surface area contributed by atoms with E-state index >= 15 is 0 Å². The number of aliphatic hydroxyl groups excluding tert-OH is 1. The first-order chi connectivity index (χ1) is 4.70. The van der Waals surface area contributed by atoms with Crippen molar-refractivity contribution in [3.8, 4) is 0 Å². The lowest BCUT2D eigenvalue weighted by molar-refractivity contribution is -0.138. The average Bonchev–Trinajstić information content (AvgIpc) is 1.99. The lowest BCUT2D eigenvalue weighted by Gasteiger charge is -2.06. The lowest BCUT2D eigenvalue weighted by atomic mass is 10.4. The van der Waals surface area contributed by atoms with Gasteiger partial charge in [-0.1, -0.05) is 6.58 Å². The Bertz CT molecular complexity index is 124. The van der Waals surface area contributed by atoms with Gasteiger partial charge in [0.05, 0.1) is 12.6 Å². The number of carbonyl (C=O) groups is 1. The number of ether oxygens (including phenoxy) is 1. The smallest absolute Gasteiger partial charge is 0.330 e. The molecule has 0 aromatic rings. The minimum Gasteiger partial charge on any atom is -0.461 e. The molecule has 0 saturated heterocycles. The molecule has 0 aliphatic heterocycles. The molecule has 4 nitrogen and oxygen atoms in total. The fourth-order valence-electron chi connectivity index (χ4n) is 0.301. The molecule has 0 aromatic carbocycles. The van der Waals surface area contributed by atoms with Crippen LogP contribution in [0.15, 0.2) is 12.7 Å². The lowest BCUT2D eigenvalue weighted by Crippen LogP contribution is -2.30. The Morgan fingerprint density at radius 1 is 1.90 bits per heavy atom. The summed E-state index contributed by atoms with van der Waals surface area (Å²) < 4.78 is 4.50. The number of hydrogen-bond acceptors (Lipinski definition) is 4. The Balaban J connectivity index is 3.34. The van der Waals surface area contributed by atoms with Gasteiger partial charge in [-0.3, -0.25) is 0 Å². The summed E-state index contributed by atoms with van der Waals surface area (Å²) in [7, 11) is 0. The third-order valence-corrected chi connectivity index (χ3v) is 0.841. The van der Waals surface area contributed by atoms with Crippen molar-refractivity contribution in [3.63, 3.8) is 0 Å². The molecule has 0 amide bonds. The topological polar surface area (TPSA) is 72.5 Å². The van der Waals surface area contributed by atoms with Crippen molar-refractivity contribution in [1.82, 2.24) is 0 Å². The van der Waals surface area contributed by atoms with Crippen LogP contribution in [0.4, 0.5) is 0 Å². The first kappa shape index (κ1) is 9.13. The summed E-state index contributed by atoms with van der Waals surface area (Å²) in [4.78, 5) is 10.4. The second kappa shape index (κ2) is 4.96. The van der Waals surface area contributed by atoms with E-state index < -0.39 is 12.0 Å². The van der Waals surface area contributed by atoms with Crippen LogP contribution in [0.2, 0.25) is 0 Å². The number of rotatable bonds is 4. The van der Waals surface area contributed by atoms with E-state index in [0.717, 1.165) is 6.08 Å². The van der Waals surface area contributed by atoms with E-state index in [1.807, 2.05) is 0 Å². The van der Waals surface area contributed by atoms with Gasteiger partial charge in [0.1, 0.15) is 6.61 Å². The summed E-state index contributed by atoms with van der Waals surface area (Å²) in [5, 5.41) is 8.38. The molecule has 1 unspecified atom stereocenters. The molecule has 0 saturated carbocycles. The first-order valence-electron chi connectivity index (χ1n) is 2.86. The van der Waals surface area contributed by atoms with Gasteiger partial charge in [-0.05, 0) is 0 Å². The molecule has 10 heavy (non-hydrogen) atoms. The molecule has 1 atom stereocenters. The van der Waals surface area contributed by atoms with Gasteiger partial charge in [-0.15, -0.1) is 0 Å². The molecular weight excluding hydrogens is 134 g/mol. The number of nitrogens with two attached hydrogens (primary N) is 1. The van der Waals surface area contributed by atoms with E-state index in [0.29, 0.717) is 0 Å². The number of hydrogen-bond donors (Lipinski definition) is 2. The standard InChI is InChI=1S/C6H11NO3/c1-2-6(9)10-4-5(7)3-8/h2,5,8H,1,3-4,7H2. The molecule has 0 aliphatic carbocycles. The molecule has 0 rings (SSSR count). The predicted octanol–water partition coefficient (Wildman–Crippen LogP) is -0.965. The van der Waals surface area contributed by atoms with E-state index in [4.69, 9.17) is 10.8 Å². The summed E-state index contributed by atoms with van der Waals surface area (Å²) in [5.41, 5.74) is 5.21. The fourth-order valence-corrected chi connectivity index (χ4v) is 0.301. The quantitative estimate of drug-likeness (QED) is 0.394. The predicted molar refractivity (Wildman–Crippen MR) is 36.2 cm³/mol. The molecule has 0 aliphatic rings. The Hall–Kier alpha value is -0.870. The third-order valence-electron chi connectivity index (χ3n) is 0.841. The monoisotopic (exact) mass is 145 g/mol. The zero-order chi connectivity index (χ0) is 7.98. The van der Waals surface area contributed by atoms with Gasteiger partial charge in [-0.25, -0.2) is 4.79 Å². The van der Waals surface area contributed by atoms with E-state index in [1.54, 1.807) is 0 Å². The molecule has 4 heteroatoms. The van der Waals surface area contributed by atoms with Gasteiger partial charge in [0, 0.05) is 6.08 Å². The van der Waals surface area contributed by atoms with E-state index in [9.17, 15) is 4.79 Å². The molecule has 3 N–H and O–H groups in total. The molecule has 0 spiro atoms. The van der Waals surface area contributed by atoms with Crippen LogP contribution in [0, 0.1) is 0 Å².